The van der Waals surface area contributed by atoms with Crippen LogP contribution in [0.15, 0.2) is 12.3 Å². The highest BCUT2D eigenvalue weighted by Crippen LogP contribution is 1.95. The maximum atomic E-state index is 11.3. The highest BCUT2D eigenvalue weighted by atomic mass is 16.1. The summed E-state index contributed by atoms with van der Waals surface area (Å²) in [4.78, 5) is 11.3. The number of aromatic nitrogens is 2. The lowest BCUT2D eigenvalue weighted by atomic mass is 10.3. The fraction of sp³-hybridized carbons (Fsp3) is 0.667. The van der Waals surface area contributed by atoms with Gasteiger partial charge in [0, 0.05) is 50.9 Å². The molecule has 0 saturated heterocycles. The Bertz CT molecular complexity index is 346. The molecule has 0 saturated carbocycles. The van der Waals surface area contributed by atoms with E-state index in [9.17, 15) is 4.79 Å². The van der Waals surface area contributed by atoms with E-state index in [-0.39, 0.29) is 11.9 Å². The van der Waals surface area contributed by atoms with Crippen molar-refractivity contribution in [1.29, 1.82) is 0 Å². The van der Waals surface area contributed by atoms with E-state index in [1.807, 2.05) is 31.6 Å². The Labute approximate surface area is 103 Å². The molecule has 1 amide bonds. The Morgan fingerprint density at radius 2 is 2.24 bits per heavy atom. The van der Waals surface area contributed by atoms with Crippen molar-refractivity contribution in [2.45, 2.75) is 32.7 Å². The number of aryl methyl sites for hydroxylation is 1. The van der Waals surface area contributed by atoms with Gasteiger partial charge in [-0.25, -0.2) is 0 Å². The average molecular weight is 238 g/mol. The van der Waals surface area contributed by atoms with E-state index in [1.54, 1.807) is 6.20 Å². The van der Waals surface area contributed by atoms with Crippen LogP contribution in [0.1, 0.15) is 26.0 Å². The van der Waals surface area contributed by atoms with Crippen LogP contribution in [0.5, 0.6) is 0 Å². The monoisotopic (exact) mass is 238 g/mol. The maximum absolute atomic E-state index is 11.3. The lowest BCUT2D eigenvalue weighted by Gasteiger charge is -2.08. The molecule has 1 aromatic heterocycles. The topological polar surface area (TPSA) is 59.0 Å². The molecular formula is C12H22N4O. The molecule has 5 heteroatoms. The molecule has 0 aliphatic heterocycles. The normalized spacial score (nSPS) is 10.8. The summed E-state index contributed by atoms with van der Waals surface area (Å²) >= 11 is 0. The van der Waals surface area contributed by atoms with Gasteiger partial charge in [-0.15, -0.1) is 0 Å². The summed E-state index contributed by atoms with van der Waals surface area (Å²) in [5.74, 6) is 0.105. The fourth-order valence-electron chi connectivity index (χ4n) is 1.58. The van der Waals surface area contributed by atoms with Crippen molar-refractivity contribution in [2.75, 3.05) is 13.1 Å². The molecule has 0 aliphatic carbocycles. The Morgan fingerprint density at radius 3 is 2.82 bits per heavy atom. The van der Waals surface area contributed by atoms with Crippen molar-refractivity contribution in [3.63, 3.8) is 0 Å². The summed E-state index contributed by atoms with van der Waals surface area (Å²) in [6.07, 6.45) is 3.26. The van der Waals surface area contributed by atoms with Crippen LogP contribution in [-0.4, -0.2) is 34.8 Å². The molecule has 1 heterocycles. The Balaban J connectivity index is 2.05. The van der Waals surface area contributed by atoms with Crippen LogP contribution < -0.4 is 10.6 Å². The third-order valence-corrected chi connectivity index (χ3v) is 2.46. The maximum Gasteiger partial charge on any atom is 0.221 e. The van der Waals surface area contributed by atoms with Gasteiger partial charge in [-0.3, -0.25) is 9.48 Å². The first-order chi connectivity index (χ1) is 8.09. The molecule has 0 atom stereocenters. The molecule has 17 heavy (non-hydrogen) atoms. The SMILES string of the molecule is CC(C)NC(=O)CCNCCc1ccnn1C. The van der Waals surface area contributed by atoms with E-state index >= 15 is 0 Å². The van der Waals surface area contributed by atoms with Crippen LogP contribution in [-0.2, 0) is 18.3 Å². The first-order valence-corrected chi connectivity index (χ1v) is 6.06. The smallest absolute Gasteiger partial charge is 0.221 e. The van der Waals surface area contributed by atoms with Crippen LogP contribution >= 0.6 is 0 Å². The molecule has 0 radical (unpaired) electrons. The van der Waals surface area contributed by atoms with Gasteiger partial charge in [0.15, 0.2) is 0 Å². The Morgan fingerprint density at radius 1 is 1.47 bits per heavy atom. The van der Waals surface area contributed by atoms with Gasteiger partial charge in [0.2, 0.25) is 5.91 Å². The molecule has 0 spiro atoms. The molecule has 2 N–H and O–H groups in total. The van der Waals surface area contributed by atoms with Crippen LogP contribution in [0.3, 0.4) is 0 Å². The van der Waals surface area contributed by atoms with Gasteiger partial charge in [0.1, 0.15) is 0 Å². The van der Waals surface area contributed by atoms with E-state index in [0.717, 1.165) is 19.5 Å². The minimum absolute atomic E-state index is 0.105. The molecule has 0 aliphatic rings. The summed E-state index contributed by atoms with van der Waals surface area (Å²) in [6.45, 7) is 5.52. The van der Waals surface area contributed by atoms with Gasteiger partial charge in [0.05, 0.1) is 0 Å². The lowest BCUT2D eigenvalue weighted by molar-refractivity contribution is -0.121. The van der Waals surface area contributed by atoms with Gasteiger partial charge >= 0.3 is 0 Å². The van der Waals surface area contributed by atoms with E-state index in [4.69, 9.17) is 0 Å². The van der Waals surface area contributed by atoms with Crippen LogP contribution in [0, 0.1) is 0 Å². The lowest BCUT2D eigenvalue weighted by Crippen LogP contribution is -2.33. The zero-order valence-corrected chi connectivity index (χ0v) is 10.9. The molecule has 5 nitrogen and oxygen atoms in total. The zero-order valence-electron chi connectivity index (χ0n) is 10.9. The average Bonchev–Trinajstić information content (AvgIpc) is 2.63. The predicted molar refractivity (Wildman–Crippen MR) is 67.7 cm³/mol. The molecule has 0 bridgehead atoms. The molecular weight excluding hydrogens is 216 g/mol. The van der Waals surface area contributed by atoms with Gasteiger partial charge in [-0.1, -0.05) is 0 Å². The standard InChI is InChI=1S/C12H22N4O/c1-10(2)15-12(17)6-8-13-7-4-11-5-9-14-16(11)3/h5,9-10,13H,4,6-8H2,1-3H3,(H,15,17). The van der Waals surface area contributed by atoms with Gasteiger partial charge in [-0.2, -0.15) is 5.10 Å². The third kappa shape index (κ3) is 5.49. The van der Waals surface area contributed by atoms with Crippen molar-refractivity contribution < 1.29 is 4.79 Å². The van der Waals surface area contributed by atoms with Crippen molar-refractivity contribution >= 4 is 5.91 Å². The highest BCUT2D eigenvalue weighted by molar-refractivity contribution is 5.76. The summed E-state index contributed by atoms with van der Waals surface area (Å²) in [6, 6.07) is 2.23. The van der Waals surface area contributed by atoms with Gasteiger partial charge in [0.25, 0.3) is 0 Å². The van der Waals surface area contributed by atoms with E-state index in [0.29, 0.717) is 6.42 Å². The van der Waals surface area contributed by atoms with Crippen molar-refractivity contribution in [2.24, 2.45) is 7.05 Å². The molecule has 1 rings (SSSR count). The van der Waals surface area contributed by atoms with E-state index < -0.39 is 0 Å². The first-order valence-electron chi connectivity index (χ1n) is 6.06. The molecule has 0 unspecified atom stereocenters. The molecule has 96 valence electrons. The summed E-state index contributed by atoms with van der Waals surface area (Å²) < 4.78 is 1.87. The summed E-state index contributed by atoms with van der Waals surface area (Å²) in [7, 11) is 1.94. The number of carbonyl (C=O) groups excluding carboxylic acids is 1. The van der Waals surface area contributed by atoms with Crippen LogP contribution in [0.25, 0.3) is 0 Å². The summed E-state index contributed by atoms with van der Waals surface area (Å²) in [5, 5.41) is 10.2. The third-order valence-electron chi connectivity index (χ3n) is 2.46. The Kier molecular flexibility index (Phi) is 5.69. The second-order valence-corrected chi connectivity index (χ2v) is 4.42. The predicted octanol–water partition coefficient (Wildman–Crippen LogP) is 0.467. The quantitative estimate of drug-likeness (QED) is 0.679. The molecule has 1 aromatic rings. The number of nitrogens with zero attached hydrogens (tertiary/aromatic N) is 2. The van der Waals surface area contributed by atoms with E-state index in [2.05, 4.69) is 15.7 Å². The second-order valence-electron chi connectivity index (χ2n) is 4.42. The minimum Gasteiger partial charge on any atom is -0.354 e. The van der Waals surface area contributed by atoms with Gasteiger partial charge in [-0.05, 0) is 19.9 Å². The first kappa shape index (κ1) is 13.7. The zero-order chi connectivity index (χ0) is 12.7. The van der Waals surface area contributed by atoms with Crippen LogP contribution in [0.4, 0.5) is 0 Å². The molecule has 0 fully saturated rings. The number of nitrogens with one attached hydrogen (secondary N) is 2. The minimum atomic E-state index is 0.105. The summed E-state index contributed by atoms with van der Waals surface area (Å²) in [5.41, 5.74) is 1.20. The van der Waals surface area contributed by atoms with Crippen LogP contribution in [0.2, 0.25) is 0 Å². The van der Waals surface area contributed by atoms with E-state index in [1.165, 1.54) is 5.69 Å². The highest BCUT2D eigenvalue weighted by Gasteiger charge is 2.02. The number of rotatable bonds is 7. The number of carbonyl (C=O) groups is 1. The second kappa shape index (κ2) is 7.06. The number of hydrogen-bond donors (Lipinski definition) is 2. The number of hydrogen-bond acceptors (Lipinski definition) is 3. The van der Waals surface area contributed by atoms with Gasteiger partial charge < -0.3 is 10.6 Å². The fourth-order valence-corrected chi connectivity index (χ4v) is 1.58. The van der Waals surface area contributed by atoms with Crippen molar-refractivity contribution in [3.8, 4) is 0 Å². The molecule has 0 aromatic carbocycles. The van der Waals surface area contributed by atoms with Crippen molar-refractivity contribution in [1.82, 2.24) is 20.4 Å². The van der Waals surface area contributed by atoms with Crippen molar-refractivity contribution in [3.05, 3.63) is 18.0 Å². The Hall–Kier alpha value is -1.36. The largest absolute Gasteiger partial charge is 0.354 e. The number of amides is 1.